The fraction of sp³-hybridized carbons (Fsp3) is 0.588. The summed E-state index contributed by atoms with van der Waals surface area (Å²) in [4.78, 5) is 27.8. The maximum absolute atomic E-state index is 13.5. The molecule has 1 amide bonds. The largest absolute Gasteiger partial charge is 0.459 e. The molecular formula is C34H52N2O5. The van der Waals surface area contributed by atoms with Crippen molar-refractivity contribution in [3.8, 4) is 0 Å². The van der Waals surface area contributed by atoms with E-state index in [0.717, 1.165) is 29.7 Å². The lowest BCUT2D eigenvalue weighted by Crippen LogP contribution is -2.43. The third kappa shape index (κ3) is 13.4. The van der Waals surface area contributed by atoms with Gasteiger partial charge in [0.25, 0.3) is 0 Å². The third-order valence-electron chi connectivity index (χ3n) is 7.07. The number of nitrogens with zero attached hydrogens (tertiary/aromatic N) is 1. The predicted octanol–water partition coefficient (Wildman–Crippen LogP) is 7.19. The molecule has 0 saturated carbocycles. The monoisotopic (exact) mass is 568 g/mol. The molecule has 0 aliphatic carbocycles. The number of nitrogens with one attached hydrogen (secondary N) is 1. The summed E-state index contributed by atoms with van der Waals surface area (Å²) in [6, 6.07) is 16.5. The van der Waals surface area contributed by atoms with E-state index < -0.39 is 23.8 Å². The number of likely N-dealkylation sites (N-methyl/N-ethyl adjacent to an activating group) is 1. The van der Waals surface area contributed by atoms with Gasteiger partial charge in [-0.25, -0.2) is 9.59 Å². The maximum atomic E-state index is 13.5. The molecule has 2 rings (SSSR count). The molecule has 0 aliphatic rings. The molecule has 41 heavy (non-hydrogen) atoms. The average Bonchev–Trinajstić information content (AvgIpc) is 2.94. The van der Waals surface area contributed by atoms with Gasteiger partial charge in [0.2, 0.25) is 0 Å². The summed E-state index contributed by atoms with van der Waals surface area (Å²) in [6.45, 7) is 7.62. The first-order valence-electron chi connectivity index (χ1n) is 15.3. The molecule has 7 nitrogen and oxygen atoms in total. The van der Waals surface area contributed by atoms with Crippen LogP contribution >= 0.6 is 0 Å². The van der Waals surface area contributed by atoms with Gasteiger partial charge < -0.3 is 24.8 Å². The van der Waals surface area contributed by atoms with Crippen molar-refractivity contribution in [3.05, 3.63) is 65.7 Å². The Kier molecular flexibility index (Phi) is 15.3. The number of alkyl carbamates (subject to hydrolysis) is 1. The van der Waals surface area contributed by atoms with E-state index in [1.807, 2.05) is 66.5 Å². The molecule has 0 fully saturated rings. The summed E-state index contributed by atoms with van der Waals surface area (Å²) in [5.41, 5.74) is 2.11. The zero-order valence-electron chi connectivity index (χ0n) is 25.9. The maximum Gasteiger partial charge on any atom is 0.407 e. The van der Waals surface area contributed by atoms with Gasteiger partial charge in [0.1, 0.15) is 18.2 Å². The smallest absolute Gasteiger partial charge is 0.407 e. The molecule has 0 aromatic heterocycles. The Morgan fingerprint density at radius 1 is 0.902 bits per heavy atom. The first kappa shape index (κ1) is 34.1. The molecular weight excluding hydrogens is 516 g/mol. The number of benzene rings is 2. The van der Waals surface area contributed by atoms with Crippen LogP contribution in [0.1, 0.15) is 96.6 Å². The van der Waals surface area contributed by atoms with E-state index in [2.05, 4.69) is 12.2 Å². The van der Waals surface area contributed by atoms with Crippen molar-refractivity contribution in [2.75, 3.05) is 18.6 Å². The quantitative estimate of drug-likeness (QED) is 0.146. The van der Waals surface area contributed by atoms with Gasteiger partial charge in [0, 0.05) is 12.7 Å². The van der Waals surface area contributed by atoms with Crippen molar-refractivity contribution < 1.29 is 24.2 Å². The Balaban J connectivity index is 2.12. The van der Waals surface area contributed by atoms with Crippen LogP contribution in [0.3, 0.4) is 0 Å². The number of amides is 1. The van der Waals surface area contributed by atoms with Crippen LogP contribution in [0, 0.1) is 0 Å². The number of hydrogen-bond acceptors (Lipinski definition) is 6. The second-order valence-corrected chi connectivity index (χ2v) is 11.8. The molecule has 0 heterocycles. The fourth-order valence-electron chi connectivity index (χ4n) is 4.86. The number of para-hydroxylation sites is 1. The second-order valence-electron chi connectivity index (χ2n) is 11.8. The minimum absolute atomic E-state index is 0.232. The highest BCUT2D eigenvalue weighted by Crippen LogP contribution is 2.26. The number of ether oxygens (including phenoxy) is 2. The summed E-state index contributed by atoms with van der Waals surface area (Å²) in [5, 5.41) is 12.8. The highest BCUT2D eigenvalue weighted by molar-refractivity contribution is 5.80. The summed E-state index contributed by atoms with van der Waals surface area (Å²) in [6.07, 6.45) is 10.0. The van der Waals surface area contributed by atoms with Crippen molar-refractivity contribution in [1.82, 2.24) is 5.32 Å². The van der Waals surface area contributed by atoms with Crippen molar-refractivity contribution in [2.45, 2.75) is 116 Å². The van der Waals surface area contributed by atoms with E-state index in [1.54, 1.807) is 20.8 Å². The predicted molar refractivity (Wildman–Crippen MR) is 166 cm³/mol. The molecule has 228 valence electrons. The molecule has 7 heteroatoms. The molecule has 0 spiro atoms. The molecule has 0 aliphatic heterocycles. The topological polar surface area (TPSA) is 88.1 Å². The number of unbranched alkanes of at least 4 members (excludes halogenated alkanes) is 7. The number of carbonyl (C=O) groups is 2. The lowest BCUT2D eigenvalue weighted by Gasteiger charge is -2.31. The Bertz CT molecular complexity index is 1020. The summed E-state index contributed by atoms with van der Waals surface area (Å²) in [7, 11) is 1.92. The molecule has 2 N–H and O–H groups in total. The Morgan fingerprint density at radius 3 is 2.15 bits per heavy atom. The van der Waals surface area contributed by atoms with Crippen LogP contribution in [0.2, 0.25) is 0 Å². The third-order valence-corrected chi connectivity index (χ3v) is 7.07. The van der Waals surface area contributed by atoms with Gasteiger partial charge in [0.15, 0.2) is 0 Å². The van der Waals surface area contributed by atoms with E-state index in [9.17, 15) is 14.7 Å². The van der Waals surface area contributed by atoms with E-state index in [1.165, 1.54) is 38.5 Å². The summed E-state index contributed by atoms with van der Waals surface area (Å²) < 4.78 is 11.2. The molecule has 0 saturated heterocycles. The standard InChI is InChI=1S/C34H52N2O5/c1-6-7-8-9-10-11-12-16-23-31(32(38)40-26-27-19-14-13-15-20-27)36(5)30-22-18-17-21-28(30)24-29(25-37)35-33(39)41-34(2,3)4/h13-15,17-22,29,31,37H,6-12,16,23-26H2,1-5H3,(H,35,39)/t29?,31-/m0/s1. The van der Waals surface area contributed by atoms with Crippen molar-refractivity contribution in [1.29, 1.82) is 0 Å². The second kappa shape index (κ2) is 18.4. The number of aliphatic hydroxyl groups excluding tert-OH is 1. The molecule has 2 aromatic carbocycles. The molecule has 1 unspecified atom stereocenters. The van der Waals surface area contributed by atoms with E-state index in [0.29, 0.717) is 12.8 Å². The van der Waals surface area contributed by atoms with Crippen LogP contribution in [-0.4, -0.2) is 48.5 Å². The number of carbonyl (C=O) groups excluding carboxylic acids is 2. The lowest BCUT2D eigenvalue weighted by molar-refractivity contribution is -0.146. The normalized spacial score (nSPS) is 12.8. The number of aliphatic hydroxyl groups is 1. The number of hydrogen-bond donors (Lipinski definition) is 2. The first-order chi connectivity index (χ1) is 19.6. The lowest BCUT2D eigenvalue weighted by atomic mass is 10.0. The number of esters is 1. The van der Waals surface area contributed by atoms with Crippen LogP contribution in [0.25, 0.3) is 0 Å². The molecule has 2 aromatic rings. The van der Waals surface area contributed by atoms with Crippen LogP contribution < -0.4 is 10.2 Å². The zero-order chi connectivity index (χ0) is 30.1. The number of rotatable bonds is 18. The van der Waals surface area contributed by atoms with Gasteiger partial charge in [-0.15, -0.1) is 0 Å². The summed E-state index contributed by atoms with van der Waals surface area (Å²) in [5.74, 6) is -0.250. The number of anilines is 1. The molecule has 2 atom stereocenters. The van der Waals surface area contributed by atoms with Gasteiger partial charge in [-0.1, -0.05) is 107 Å². The van der Waals surface area contributed by atoms with Gasteiger partial charge in [-0.3, -0.25) is 0 Å². The first-order valence-corrected chi connectivity index (χ1v) is 15.3. The summed E-state index contributed by atoms with van der Waals surface area (Å²) >= 11 is 0. The Labute approximate surface area is 247 Å². The van der Waals surface area contributed by atoms with Crippen LogP contribution in [-0.2, 0) is 27.3 Å². The van der Waals surface area contributed by atoms with E-state index in [-0.39, 0.29) is 19.2 Å². The van der Waals surface area contributed by atoms with Gasteiger partial charge >= 0.3 is 12.1 Å². The van der Waals surface area contributed by atoms with Crippen LogP contribution in [0.15, 0.2) is 54.6 Å². The van der Waals surface area contributed by atoms with E-state index in [4.69, 9.17) is 9.47 Å². The van der Waals surface area contributed by atoms with Crippen molar-refractivity contribution in [3.63, 3.8) is 0 Å². The molecule has 0 bridgehead atoms. The average molecular weight is 569 g/mol. The Morgan fingerprint density at radius 2 is 1.51 bits per heavy atom. The molecule has 0 radical (unpaired) electrons. The highest BCUT2D eigenvalue weighted by atomic mass is 16.6. The fourth-order valence-corrected chi connectivity index (χ4v) is 4.86. The van der Waals surface area contributed by atoms with E-state index >= 15 is 0 Å². The Hall–Kier alpha value is -3.06. The highest BCUT2D eigenvalue weighted by Gasteiger charge is 2.27. The minimum Gasteiger partial charge on any atom is -0.459 e. The van der Waals surface area contributed by atoms with Gasteiger partial charge in [-0.2, -0.15) is 0 Å². The van der Waals surface area contributed by atoms with Crippen LogP contribution in [0.5, 0.6) is 0 Å². The van der Waals surface area contributed by atoms with Crippen molar-refractivity contribution >= 4 is 17.7 Å². The van der Waals surface area contributed by atoms with Crippen LogP contribution in [0.4, 0.5) is 10.5 Å². The van der Waals surface area contributed by atoms with Gasteiger partial charge in [0.05, 0.1) is 12.6 Å². The minimum atomic E-state index is -0.634. The van der Waals surface area contributed by atoms with Gasteiger partial charge in [-0.05, 0) is 50.8 Å². The zero-order valence-corrected chi connectivity index (χ0v) is 25.9. The SMILES string of the molecule is CCCCCCCCCC[C@@H](C(=O)OCc1ccccc1)N(C)c1ccccc1CC(CO)NC(=O)OC(C)(C)C. The van der Waals surface area contributed by atoms with Crippen molar-refractivity contribution in [2.24, 2.45) is 0 Å².